The summed E-state index contributed by atoms with van der Waals surface area (Å²) in [6.07, 6.45) is -8.17. The van der Waals surface area contributed by atoms with Gasteiger partial charge in [-0.15, -0.1) is 0 Å². The number of hydrogen-bond acceptors (Lipinski definition) is 4. The number of hydrazine groups is 1. The highest BCUT2D eigenvalue weighted by molar-refractivity contribution is 6.35. The lowest BCUT2D eigenvalue weighted by Gasteiger charge is -2.14. The van der Waals surface area contributed by atoms with Gasteiger partial charge in [-0.3, -0.25) is 25.2 Å². The summed E-state index contributed by atoms with van der Waals surface area (Å²) in [6, 6.07) is 2.77. The monoisotopic (exact) mass is 449 g/mol. The fourth-order valence-electron chi connectivity index (χ4n) is 2.51. The maximum atomic E-state index is 13.6. The molecule has 2 aromatic rings. The molecule has 0 aliphatic heterocycles. The summed E-state index contributed by atoms with van der Waals surface area (Å²) in [5.74, 6) is -3.87. The number of carbonyl (C=O) groups excluding carboxylic acids is 3. The molecule has 1 fully saturated rings. The average molecular weight is 449 g/mol. The molecule has 166 valence electrons. The minimum absolute atomic E-state index is 0.131. The third-order valence-electron chi connectivity index (χ3n) is 4.11. The predicted octanol–water partition coefficient (Wildman–Crippen LogP) is 1.95. The molecule has 0 unspecified atom stereocenters. The lowest BCUT2D eigenvalue weighted by atomic mass is 10.1. The van der Waals surface area contributed by atoms with Crippen LogP contribution in [0.5, 0.6) is 0 Å². The lowest BCUT2D eigenvalue weighted by molar-refractivity contribution is -0.143. The number of amides is 3. The molecule has 0 saturated heterocycles. The maximum absolute atomic E-state index is 13.6. The first-order chi connectivity index (χ1) is 14.4. The molecular weight excluding hydrogens is 436 g/mol. The fraction of sp³-hybridized carbons (Fsp3) is 0.294. The van der Waals surface area contributed by atoms with Crippen LogP contribution in [-0.2, 0) is 21.9 Å². The number of aromatic nitrogens is 2. The molecule has 3 rings (SSSR count). The molecule has 31 heavy (non-hydrogen) atoms. The van der Waals surface area contributed by atoms with Crippen LogP contribution >= 0.6 is 0 Å². The standard InChI is InChI=1S/C17H13F6N5O3/c18-16(19,20)8-2-1-3-10(6-8)28-12(17(21,22)23)11(7-24-28)13(29)26-27-15(31)14(30)25-9-4-5-9/h1-3,6-7,9H,4-5H2,(H,25,30)(H,26,29)(H,27,31). The summed E-state index contributed by atoms with van der Waals surface area (Å²) in [5, 5.41) is 5.69. The highest BCUT2D eigenvalue weighted by atomic mass is 19.4. The molecule has 1 aliphatic rings. The molecule has 0 spiro atoms. The van der Waals surface area contributed by atoms with Gasteiger partial charge in [0.15, 0.2) is 5.69 Å². The molecule has 14 heteroatoms. The van der Waals surface area contributed by atoms with E-state index >= 15 is 0 Å². The zero-order valence-electron chi connectivity index (χ0n) is 15.3. The van der Waals surface area contributed by atoms with Crippen molar-refractivity contribution in [2.24, 2.45) is 0 Å². The molecule has 1 saturated carbocycles. The molecule has 1 aliphatic carbocycles. The molecule has 3 N–H and O–H groups in total. The van der Waals surface area contributed by atoms with E-state index in [0.717, 1.165) is 12.1 Å². The normalized spacial score (nSPS) is 14.1. The second kappa shape index (κ2) is 7.92. The SMILES string of the molecule is O=C(NNC(=O)c1cnn(-c2cccc(C(F)(F)F)c2)c1C(F)(F)F)C(=O)NC1CC1. The van der Waals surface area contributed by atoms with Gasteiger partial charge in [0.2, 0.25) is 0 Å². The van der Waals surface area contributed by atoms with E-state index in [1.54, 1.807) is 10.9 Å². The molecular formula is C17H13F6N5O3. The van der Waals surface area contributed by atoms with E-state index in [0.29, 0.717) is 31.2 Å². The van der Waals surface area contributed by atoms with Crippen LogP contribution in [0.3, 0.4) is 0 Å². The van der Waals surface area contributed by atoms with Gasteiger partial charge in [-0.25, -0.2) is 4.68 Å². The first kappa shape index (κ1) is 22.1. The van der Waals surface area contributed by atoms with E-state index in [1.807, 2.05) is 0 Å². The summed E-state index contributed by atoms with van der Waals surface area (Å²) in [5.41, 5.74) is -1.22. The van der Waals surface area contributed by atoms with Crippen molar-refractivity contribution in [2.45, 2.75) is 31.2 Å². The van der Waals surface area contributed by atoms with Crippen molar-refractivity contribution in [3.63, 3.8) is 0 Å². The lowest BCUT2D eigenvalue weighted by Crippen LogP contribution is -2.49. The second-order valence-corrected chi connectivity index (χ2v) is 6.52. The van der Waals surface area contributed by atoms with E-state index in [1.165, 1.54) is 0 Å². The predicted molar refractivity (Wildman–Crippen MR) is 90.3 cm³/mol. The molecule has 0 atom stereocenters. The zero-order chi connectivity index (χ0) is 23.0. The van der Waals surface area contributed by atoms with Crippen LogP contribution in [0.4, 0.5) is 26.3 Å². The van der Waals surface area contributed by atoms with Gasteiger partial charge >= 0.3 is 24.2 Å². The summed E-state index contributed by atoms with van der Waals surface area (Å²) in [7, 11) is 0. The van der Waals surface area contributed by atoms with E-state index in [-0.39, 0.29) is 10.7 Å². The Kier molecular flexibility index (Phi) is 5.65. The topological polar surface area (TPSA) is 105 Å². The van der Waals surface area contributed by atoms with Crippen molar-refractivity contribution >= 4 is 17.7 Å². The van der Waals surface area contributed by atoms with Gasteiger partial charge in [-0.2, -0.15) is 31.4 Å². The van der Waals surface area contributed by atoms with Crippen molar-refractivity contribution in [1.82, 2.24) is 25.9 Å². The van der Waals surface area contributed by atoms with Gasteiger partial charge in [0, 0.05) is 6.04 Å². The van der Waals surface area contributed by atoms with Gasteiger partial charge in [0.1, 0.15) is 0 Å². The number of halogens is 6. The quantitative estimate of drug-likeness (QED) is 0.379. The zero-order valence-corrected chi connectivity index (χ0v) is 15.3. The Morgan fingerprint density at radius 3 is 2.23 bits per heavy atom. The van der Waals surface area contributed by atoms with Crippen molar-refractivity contribution in [3.8, 4) is 5.69 Å². The fourth-order valence-corrected chi connectivity index (χ4v) is 2.51. The van der Waals surface area contributed by atoms with Crippen LogP contribution in [0.15, 0.2) is 30.5 Å². The van der Waals surface area contributed by atoms with E-state index < -0.39 is 52.6 Å². The second-order valence-electron chi connectivity index (χ2n) is 6.52. The summed E-state index contributed by atoms with van der Waals surface area (Å²) in [6.45, 7) is 0. The van der Waals surface area contributed by atoms with Crippen LogP contribution in [0, 0.1) is 0 Å². The Morgan fingerprint density at radius 2 is 1.65 bits per heavy atom. The molecule has 1 aromatic carbocycles. The van der Waals surface area contributed by atoms with Crippen LogP contribution < -0.4 is 16.2 Å². The number of nitrogens with one attached hydrogen (secondary N) is 3. The molecule has 0 radical (unpaired) electrons. The summed E-state index contributed by atoms with van der Waals surface area (Å²) < 4.78 is 79.5. The largest absolute Gasteiger partial charge is 0.434 e. The summed E-state index contributed by atoms with van der Waals surface area (Å²) in [4.78, 5) is 35.3. The van der Waals surface area contributed by atoms with Crippen molar-refractivity contribution in [1.29, 1.82) is 0 Å². The minimum atomic E-state index is -5.19. The first-order valence-electron chi connectivity index (χ1n) is 8.62. The van der Waals surface area contributed by atoms with Crippen LogP contribution in [-0.4, -0.2) is 33.5 Å². The summed E-state index contributed by atoms with van der Waals surface area (Å²) >= 11 is 0. The Morgan fingerprint density at radius 1 is 0.968 bits per heavy atom. The Hall–Kier alpha value is -3.58. The van der Waals surface area contributed by atoms with Gasteiger partial charge in [-0.1, -0.05) is 6.07 Å². The Bertz CT molecular complexity index is 1030. The number of rotatable bonds is 3. The third-order valence-corrected chi connectivity index (χ3v) is 4.11. The van der Waals surface area contributed by atoms with Gasteiger partial charge < -0.3 is 5.32 Å². The minimum Gasteiger partial charge on any atom is -0.345 e. The Labute approximate surface area is 169 Å². The Balaban J connectivity index is 1.85. The van der Waals surface area contributed by atoms with Gasteiger partial charge in [0.25, 0.3) is 5.91 Å². The highest BCUT2D eigenvalue weighted by Gasteiger charge is 2.41. The van der Waals surface area contributed by atoms with E-state index in [4.69, 9.17) is 0 Å². The maximum Gasteiger partial charge on any atom is 0.434 e. The number of carbonyl (C=O) groups is 3. The van der Waals surface area contributed by atoms with Crippen LogP contribution in [0.1, 0.15) is 34.5 Å². The molecule has 8 nitrogen and oxygen atoms in total. The van der Waals surface area contributed by atoms with Gasteiger partial charge in [-0.05, 0) is 31.0 Å². The van der Waals surface area contributed by atoms with Gasteiger partial charge in [0.05, 0.1) is 23.0 Å². The highest BCUT2D eigenvalue weighted by Crippen LogP contribution is 2.35. The van der Waals surface area contributed by atoms with Crippen molar-refractivity contribution in [2.75, 3.05) is 0 Å². The first-order valence-corrected chi connectivity index (χ1v) is 8.62. The van der Waals surface area contributed by atoms with E-state index in [9.17, 15) is 40.7 Å². The third kappa shape index (κ3) is 5.13. The molecule has 1 heterocycles. The van der Waals surface area contributed by atoms with Crippen LogP contribution in [0.2, 0.25) is 0 Å². The molecule has 3 amide bonds. The average Bonchev–Trinajstić information content (AvgIpc) is 3.37. The van der Waals surface area contributed by atoms with Crippen molar-refractivity contribution < 1.29 is 40.7 Å². The smallest absolute Gasteiger partial charge is 0.345 e. The number of nitrogens with zero attached hydrogens (tertiary/aromatic N) is 2. The van der Waals surface area contributed by atoms with Crippen molar-refractivity contribution in [3.05, 3.63) is 47.3 Å². The molecule has 0 bridgehead atoms. The molecule has 1 aromatic heterocycles. The van der Waals surface area contributed by atoms with E-state index in [2.05, 4.69) is 10.4 Å². The number of benzene rings is 1. The number of alkyl halides is 6. The van der Waals surface area contributed by atoms with Crippen LogP contribution in [0.25, 0.3) is 5.69 Å². The number of hydrogen-bond donors (Lipinski definition) is 3.